The lowest BCUT2D eigenvalue weighted by molar-refractivity contribution is 0.265. The van der Waals surface area contributed by atoms with Crippen LogP contribution in [0, 0.1) is 0 Å². The lowest BCUT2D eigenvalue weighted by Gasteiger charge is -2.04. The van der Waals surface area contributed by atoms with E-state index in [1.165, 1.54) is 5.39 Å². The molecule has 0 spiro atoms. The van der Waals surface area contributed by atoms with Gasteiger partial charge in [-0.05, 0) is 41.8 Å². The number of aromatic nitrogens is 4. The number of rotatable bonds is 5. The molecule has 3 aromatic heterocycles. The largest absolute Gasteiger partial charge is 0.484 e. The van der Waals surface area contributed by atoms with Gasteiger partial charge in [0.25, 0.3) is 11.6 Å². The maximum Gasteiger partial charge on any atom is 0.257 e. The van der Waals surface area contributed by atoms with Crippen LogP contribution >= 0.6 is 0 Å². The van der Waals surface area contributed by atoms with Gasteiger partial charge in [-0.15, -0.1) is 10.2 Å². The van der Waals surface area contributed by atoms with Crippen LogP contribution in [0.2, 0.25) is 0 Å². The minimum Gasteiger partial charge on any atom is -0.484 e. The molecule has 0 saturated heterocycles. The molecule has 7 heteroatoms. The highest BCUT2D eigenvalue weighted by Crippen LogP contribution is 2.42. The van der Waals surface area contributed by atoms with E-state index in [0.29, 0.717) is 23.4 Å². The molecular weight excluding hydrogens is 368 g/mol. The summed E-state index contributed by atoms with van der Waals surface area (Å²) in [6, 6.07) is 16.1. The van der Waals surface area contributed by atoms with Gasteiger partial charge in [-0.3, -0.25) is 0 Å². The second kappa shape index (κ2) is 6.41. The second-order valence-corrected chi connectivity index (χ2v) is 7.22. The molecule has 5 aromatic rings. The molecular formula is C22H16N4O3. The molecule has 1 saturated carbocycles. The van der Waals surface area contributed by atoms with Gasteiger partial charge in [0.2, 0.25) is 5.89 Å². The molecule has 7 nitrogen and oxygen atoms in total. The van der Waals surface area contributed by atoms with Crippen molar-refractivity contribution in [2.24, 2.45) is 0 Å². The average Bonchev–Trinajstić information content (AvgIpc) is 3.34. The van der Waals surface area contributed by atoms with Crippen molar-refractivity contribution < 1.29 is 13.7 Å². The summed E-state index contributed by atoms with van der Waals surface area (Å²) in [5, 5.41) is 15.6. The average molecular weight is 384 g/mol. The number of nitrogens with zero attached hydrogens (tertiary/aromatic N) is 4. The molecule has 1 aliphatic rings. The number of pyridine rings is 1. The Bertz CT molecular complexity index is 1340. The van der Waals surface area contributed by atoms with Gasteiger partial charge < -0.3 is 13.7 Å². The monoisotopic (exact) mass is 384 g/mol. The van der Waals surface area contributed by atoms with Crippen molar-refractivity contribution >= 4 is 21.9 Å². The standard InChI is InChI=1S/C22H16N4O3/c1-2-4-15-9-17(8-7-13(15)3-1)27-12-19-24-25-21(28-19)16-10-18-20(14-5-6-14)26-29-22(18)23-11-16/h1-4,7-11,14H,5-6,12H2. The SMILES string of the molecule is c1ccc2cc(OCc3nnc(-c4cnc5onc(C6CC6)c5c4)o3)ccc2c1. The van der Waals surface area contributed by atoms with Gasteiger partial charge in [-0.25, -0.2) is 4.98 Å². The van der Waals surface area contributed by atoms with Crippen molar-refractivity contribution in [3.63, 3.8) is 0 Å². The van der Waals surface area contributed by atoms with E-state index in [9.17, 15) is 0 Å². The molecule has 3 heterocycles. The molecule has 142 valence electrons. The molecule has 0 N–H and O–H groups in total. The first-order valence-electron chi connectivity index (χ1n) is 9.53. The maximum atomic E-state index is 5.83. The fraction of sp³-hybridized carbons (Fsp3) is 0.182. The third kappa shape index (κ3) is 3.00. The van der Waals surface area contributed by atoms with E-state index < -0.39 is 0 Å². The summed E-state index contributed by atoms with van der Waals surface area (Å²) in [5.74, 6) is 2.03. The number of fused-ring (bicyclic) bond motifs is 2. The molecule has 0 aliphatic heterocycles. The van der Waals surface area contributed by atoms with Crippen molar-refractivity contribution in [1.82, 2.24) is 20.3 Å². The van der Waals surface area contributed by atoms with E-state index in [1.54, 1.807) is 6.20 Å². The molecule has 2 aromatic carbocycles. The Balaban J connectivity index is 1.23. The van der Waals surface area contributed by atoms with Gasteiger partial charge in [0.1, 0.15) is 5.75 Å². The van der Waals surface area contributed by atoms with Crippen LogP contribution in [-0.2, 0) is 6.61 Å². The van der Waals surface area contributed by atoms with E-state index >= 15 is 0 Å². The Morgan fingerprint density at radius 3 is 2.79 bits per heavy atom. The van der Waals surface area contributed by atoms with Crippen LogP contribution in [-0.4, -0.2) is 20.3 Å². The fourth-order valence-electron chi connectivity index (χ4n) is 3.45. The zero-order valence-corrected chi connectivity index (χ0v) is 15.4. The fourth-order valence-corrected chi connectivity index (χ4v) is 3.45. The number of hydrogen-bond acceptors (Lipinski definition) is 7. The second-order valence-electron chi connectivity index (χ2n) is 7.22. The van der Waals surface area contributed by atoms with Crippen LogP contribution in [0.1, 0.15) is 30.3 Å². The Labute approximate surface area is 165 Å². The highest BCUT2D eigenvalue weighted by Gasteiger charge is 2.29. The van der Waals surface area contributed by atoms with Crippen molar-refractivity contribution in [3.05, 3.63) is 66.3 Å². The molecule has 29 heavy (non-hydrogen) atoms. The van der Waals surface area contributed by atoms with Gasteiger partial charge in [-0.1, -0.05) is 35.5 Å². The summed E-state index contributed by atoms with van der Waals surface area (Å²) in [5.41, 5.74) is 2.25. The molecule has 0 radical (unpaired) electrons. The minimum atomic E-state index is 0.196. The Hall–Kier alpha value is -3.74. The summed E-state index contributed by atoms with van der Waals surface area (Å²) < 4.78 is 16.9. The van der Waals surface area contributed by atoms with E-state index in [4.69, 9.17) is 13.7 Å². The zero-order chi connectivity index (χ0) is 19.2. The van der Waals surface area contributed by atoms with Gasteiger partial charge in [0.15, 0.2) is 6.61 Å². The number of ether oxygens (including phenoxy) is 1. The molecule has 1 fully saturated rings. The molecule has 0 amide bonds. The van der Waals surface area contributed by atoms with E-state index in [0.717, 1.165) is 40.6 Å². The third-order valence-corrected chi connectivity index (χ3v) is 5.12. The van der Waals surface area contributed by atoms with Crippen molar-refractivity contribution in [1.29, 1.82) is 0 Å². The van der Waals surface area contributed by atoms with Crippen LogP contribution in [0.15, 0.2) is 63.7 Å². The highest BCUT2D eigenvalue weighted by atomic mass is 16.5. The summed E-state index contributed by atoms with van der Waals surface area (Å²) in [4.78, 5) is 4.33. The maximum absolute atomic E-state index is 5.83. The summed E-state index contributed by atoms with van der Waals surface area (Å²) in [6.45, 7) is 0.196. The van der Waals surface area contributed by atoms with Crippen LogP contribution in [0.25, 0.3) is 33.3 Å². The van der Waals surface area contributed by atoms with Crippen molar-refractivity contribution in [2.75, 3.05) is 0 Å². The van der Waals surface area contributed by atoms with Crippen LogP contribution in [0.4, 0.5) is 0 Å². The van der Waals surface area contributed by atoms with Crippen LogP contribution in [0.3, 0.4) is 0 Å². The lowest BCUT2D eigenvalue weighted by Crippen LogP contribution is -1.95. The van der Waals surface area contributed by atoms with Gasteiger partial charge in [0.05, 0.1) is 16.6 Å². The molecule has 1 aliphatic carbocycles. The molecule has 0 atom stereocenters. The predicted molar refractivity (Wildman–Crippen MR) is 105 cm³/mol. The third-order valence-electron chi connectivity index (χ3n) is 5.12. The lowest BCUT2D eigenvalue weighted by atomic mass is 10.1. The molecule has 0 bridgehead atoms. The molecule has 6 rings (SSSR count). The topological polar surface area (TPSA) is 87.1 Å². The number of hydrogen-bond donors (Lipinski definition) is 0. The smallest absolute Gasteiger partial charge is 0.257 e. The van der Waals surface area contributed by atoms with E-state index in [2.05, 4.69) is 32.5 Å². The summed E-state index contributed by atoms with van der Waals surface area (Å²) >= 11 is 0. The van der Waals surface area contributed by atoms with Gasteiger partial charge >= 0.3 is 0 Å². The summed E-state index contributed by atoms with van der Waals surface area (Å²) in [6.07, 6.45) is 3.94. The van der Waals surface area contributed by atoms with E-state index in [-0.39, 0.29) is 6.61 Å². The van der Waals surface area contributed by atoms with Gasteiger partial charge in [-0.2, -0.15) is 0 Å². The summed E-state index contributed by atoms with van der Waals surface area (Å²) in [7, 11) is 0. The first-order valence-corrected chi connectivity index (χ1v) is 9.53. The van der Waals surface area contributed by atoms with Crippen LogP contribution < -0.4 is 4.74 Å². The van der Waals surface area contributed by atoms with E-state index in [1.807, 2.05) is 36.4 Å². The number of benzene rings is 2. The zero-order valence-electron chi connectivity index (χ0n) is 15.4. The first-order chi connectivity index (χ1) is 14.3. The first kappa shape index (κ1) is 16.2. The Morgan fingerprint density at radius 1 is 1.00 bits per heavy atom. The Kier molecular flexibility index (Phi) is 3.59. The Morgan fingerprint density at radius 2 is 1.90 bits per heavy atom. The quantitative estimate of drug-likeness (QED) is 0.427. The molecule has 0 unspecified atom stereocenters. The predicted octanol–water partition coefficient (Wildman–Crippen LogP) is 4.88. The van der Waals surface area contributed by atoms with Crippen LogP contribution in [0.5, 0.6) is 5.75 Å². The minimum absolute atomic E-state index is 0.196. The normalized spacial score (nSPS) is 13.9. The van der Waals surface area contributed by atoms with Gasteiger partial charge in [0, 0.05) is 12.1 Å². The van der Waals surface area contributed by atoms with Crippen molar-refractivity contribution in [3.8, 4) is 17.2 Å². The van der Waals surface area contributed by atoms with Crippen molar-refractivity contribution in [2.45, 2.75) is 25.4 Å². The highest BCUT2D eigenvalue weighted by molar-refractivity contribution is 5.83.